The lowest BCUT2D eigenvalue weighted by Crippen LogP contribution is -2.54. The number of methoxy groups -OCH3 is 1. The summed E-state index contributed by atoms with van der Waals surface area (Å²) in [6.45, 7) is 6.79. The van der Waals surface area contributed by atoms with Crippen molar-refractivity contribution in [3.63, 3.8) is 0 Å². The van der Waals surface area contributed by atoms with E-state index in [2.05, 4.69) is 29.3 Å². The van der Waals surface area contributed by atoms with E-state index in [-0.39, 0.29) is 17.9 Å². The Labute approximate surface area is 184 Å². The zero-order valence-electron chi connectivity index (χ0n) is 18.5. The second-order valence-electron chi connectivity index (χ2n) is 7.79. The van der Waals surface area contributed by atoms with Crippen LogP contribution in [0, 0.1) is 0 Å². The maximum absolute atomic E-state index is 12.8. The summed E-state index contributed by atoms with van der Waals surface area (Å²) in [5.74, 6) is 0.536. The molecule has 2 aromatic carbocycles. The van der Waals surface area contributed by atoms with Crippen LogP contribution >= 0.6 is 0 Å². The molecule has 1 saturated heterocycles. The fourth-order valence-corrected chi connectivity index (χ4v) is 3.77. The molecule has 0 aliphatic carbocycles. The minimum absolute atomic E-state index is 0.0462. The Kier molecular flexibility index (Phi) is 7.84. The Morgan fingerprint density at radius 2 is 1.71 bits per heavy atom. The summed E-state index contributed by atoms with van der Waals surface area (Å²) in [4.78, 5) is 29.2. The lowest BCUT2D eigenvalue weighted by molar-refractivity contribution is -0.137. The highest BCUT2D eigenvalue weighted by atomic mass is 16.5. The fraction of sp³-hybridized carbons (Fsp3) is 0.360. The summed E-state index contributed by atoms with van der Waals surface area (Å²) in [7, 11) is 1.67. The average molecular weight is 422 g/mol. The van der Waals surface area contributed by atoms with E-state index in [1.165, 1.54) is 11.6 Å². The van der Waals surface area contributed by atoms with Crippen LogP contribution in [0.3, 0.4) is 0 Å². The standard InChI is InChI=1S/C25H31N3O3/c1-19(26-24(29)13-12-21-8-5-4-6-9-21)25(30)28-16-14-27(15-17-28)20(2)22-10-7-11-23(18-22)31-3/h4-13,18-20H,14-17H2,1-3H3,(H,26,29)/b13-12+. The summed E-state index contributed by atoms with van der Waals surface area (Å²) in [6.07, 6.45) is 3.21. The molecule has 1 aliphatic heterocycles. The Bertz CT molecular complexity index is 905. The Balaban J connectivity index is 1.48. The molecule has 1 heterocycles. The Morgan fingerprint density at radius 1 is 1.00 bits per heavy atom. The highest BCUT2D eigenvalue weighted by Gasteiger charge is 2.27. The number of nitrogens with zero attached hydrogens (tertiary/aromatic N) is 2. The van der Waals surface area contributed by atoms with Crippen molar-refractivity contribution in [2.24, 2.45) is 0 Å². The molecule has 0 aromatic heterocycles. The van der Waals surface area contributed by atoms with Crippen molar-refractivity contribution in [2.75, 3.05) is 33.3 Å². The maximum Gasteiger partial charge on any atom is 0.244 e. The first kappa shape index (κ1) is 22.6. The topological polar surface area (TPSA) is 61.9 Å². The van der Waals surface area contributed by atoms with Gasteiger partial charge in [-0.25, -0.2) is 0 Å². The molecule has 0 radical (unpaired) electrons. The van der Waals surface area contributed by atoms with Crippen molar-refractivity contribution in [3.8, 4) is 5.75 Å². The molecule has 0 bridgehead atoms. The van der Waals surface area contributed by atoms with E-state index in [9.17, 15) is 9.59 Å². The number of nitrogens with one attached hydrogen (secondary N) is 1. The van der Waals surface area contributed by atoms with Crippen LogP contribution in [0.5, 0.6) is 5.75 Å². The van der Waals surface area contributed by atoms with E-state index < -0.39 is 6.04 Å². The predicted octanol–water partition coefficient (Wildman–Crippen LogP) is 3.12. The van der Waals surface area contributed by atoms with Crippen LogP contribution in [0.1, 0.15) is 31.0 Å². The van der Waals surface area contributed by atoms with Gasteiger partial charge in [0.2, 0.25) is 11.8 Å². The van der Waals surface area contributed by atoms with Crippen LogP contribution in [-0.4, -0.2) is 60.9 Å². The summed E-state index contributed by atoms with van der Waals surface area (Å²) in [5, 5.41) is 2.78. The van der Waals surface area contributed by atoms with Crippen LogP contribution in [0.4, 0.5) is 0 Å². The molecule has 1 fully saturated rings. The molecule has 2 unspecified atom stereocenters. The van der Waals surface area contributed by atoms with Crippen LogP contribution in [0.15, 0.2) is 60.7 Å². The number of hydrogen-bond donors (Lipinski definition) is 1. The monoisotopic (exact) mass is 421 g/mol. The number of benzene rings is 2. The van der Waals surface area contributed by atoms with E-state index in [0.717, 1.165) is 24.4 Å². The minimum atomic E-state index is -0.560. The number of amides is 2. The van der Waals surface area contributed by atoms with Gasteiger partial charge in [-0.05, 0) is 43.2 Å². The zero-order chi connectivity index (χ0) is 22.2. The zero-order valence-corrected chi connectivity index (χ0v) is 18.5. The molecule has 0 spiro atoms. The molecule has 2 amide bonds. The van der Waals surface area contributed by atoms with E-state index in [1.807, 2.05) is 47.4 Å². The molecular weight excluding hydrogens is 390 g/mol. The molecule has 2 aromatic rings. The number of rotatable bonds is 7. The third-order valence-electron chi connectivity index (χ3n) is 5.71. The Hall–Kier alpha value is -3.12. The second kappa shape index (κ2) is 10.8. The van der Waals surface area contributed by atoms with E-state index in [4.69, 9.17) is 4.74 Å². The number of piperazine rings is 1. The third-order valence-corrected chi connectivity index (χ3v) is 5.71. The first-order valence-electron chi connectivity index (χ1n) is 10.7. The number of hydrogen-bond acceptors (Lipinski definition) is 4. The normalized spacial score (nSPS) is 16.7. The van der Waals surface area contributed by atoms with Crippen LogP contribution in [0.2, 0.25) is 0 Å². The van der Waals surface area contributed by atoms with Crippen molar-refractivity contribution < 1.29 is 14.3 Å². The van der Waals surface area contributed by atoms with Gasteiger partial charge in [0.05, 0.1) is 7.11 Å². The van der Waals surface area contributed by atoms with Crippen molar-refractivity contribution in [2.45, 2.75) is 25.9 Å². The maximum atomic E-state index is 12.8. The van der Waals surface area contributed by atoms with Gasteiger partial charge in [0, 0.05) is 38.3 Å². The van der Waals surface area contributed by atoms with Crippen molar-refractivity contribution in [3.05, 3.63) is 71.8 Å². The van der Waals surface area contributed by atoms with Crippen LogP contribution in [0.25, 0.3) is 6.08 Å². The molecule has 1 aliphatic rings. The quantitative estimate of drug-likeness (QED) is 0.698. The number of ether oxygens (including phenoxy) is 1. The molecular formula is C25H31N3O3. The molecule has 164 valence electrons. The van der Waals surface area contributed by atoms with Gasteiger partial charge in [0.15, 0.2) is 0 Å². The lowest BCUT2D eigenvalue weighted by Gasteiger charge is -2.39. The first-order valence-corrected chi connectivity index (χ1v) is 10.7. The van der Waals surface area contributed by atoms with Crippen molar-refractivity contribution >= 4 is 17.9 Å². The largest absolute Gasteiger partial charge is 0.497 e. The highest BCUT2D eigenvalue weighted by Crippen LogP contribution is 2.25. The van der Waals surface area contributed by atoms with Gasteiger partial charge in [-0.1, -0.05) is 42.5 Å². The van der Waals surface area contributed by atoms with E-state index in [1.54, 1.807) is 20.1 Å². The van der Waals surface area contributed by atoms with Crippen molar-refractivity contribution in [1.82, 2.24) is 15.1 Å². The molecule has 3 rings (SSSR count). The Morgan fingerprint density at radius 3 is 2.39 bits per heavy atom. The van der Waals surface area contributed by atoms with E-state index >= 15 is 0 Å². The SMILES string of the molecule is COc1cccc(C(C)N2CCN(C(=O)C(C)NC(=O)/C=C/c3ccccc3)CC2)c1. The number of carbonyl (C=O) groups is 2. The highest BCUT2D eigenvalue weighted by molar-refractivity contribution is 5.95. The molecule has 31 heavy (non-hydrogen) atoms. The van der Waals surface area contributed by atoms with Gasteiger partial charge >= 0.3 is 0 Å². The van der Waals surface area contributed by atoms with Gasteiger partial charge in [-0.15, -0.1) is 0 Å². The summed E-state index contributed by atoms with van der Waals surface area (Å²) >= 11 is 0. The van der Waals surface area contributed by atoms with Crippen molar-refractivity contribution in [1.29, 1.82) is 0 Å². The second-order valence-corrected chi connectivity index (χ2v) is 7.79. The summed E-state index contributed by atoms with van der Waals surface area (Å²) in [6, 6.07) is 17.4. The molecule has 1 N–H and O–H groups in total. The van der Waals surface area contributed by atoms with Gasteiger partial charge in [-0.3, -0.25) is 14.5 Å². The van der Waals surface area contributed by atoms with Gasteiger partial charge in [0.25, 0.3) is 0 Å². The fourth-order valence-electron chi connectivity index (χ4n) is 3.77. The minimum Gasteiger partial charge on any atom is -0.497 e. The molecule has 6 heteroatoms. The molecule has 0 saturated carbocycles. The third kappa shape index (κ3) is 6.18. The molecule has 6 nitrogen and oxygen atoms in total. The van der Waals surface area contributed by atoms with Gasteiger partial charge < -0.3 is 15.0 Å². The molecule has 2 atom stereocenters. The average Bonchev–Trinajstić information content (AvgIpc) is 2.82. The van der Waals surface area contributed by atoms with Crippen LogP contribution in [-0.2, 0) is 9.59 Å². The first-order chi connectivity index (χ1) is 15.0. The van der Waals surface area contributed by atoms with Crippen LogP contribution < -0.4 is 10.1 Å². The van der Waals surface area contributed by atoms with Gasteiger partial charge in [-0.2, -0.15) is 0 Å². The summed E-state index contributed by atoms with van der Waals surface area (Å²) in [5.41, 5.74) is 2.14. The predicted molar refractivity (Wildman–Crippen MR) is 123 cm³/mol. The summed E-state index contributed by atoms with van der Waals surface area (Å²) < 4.78 is 5.33. The van der Waals surface area contributed by atoms with Gasteiger partial charge in [0.1, 0.15) is 11.8 Å². The smallest absolute Gasteiger partial charge is 0.244 e. The number of carbonyl (C=O) groups excluding carboxylic acids is 2. The lowest BCUT2D eigenvalue weighted by atomic mass is 10.1. The van der Waals surface area contributed by atoms with E-state index in [0.29, 0.717) is 13.1 Å².